The molecule has 0 unspecified atom stereocenters. The Morgan fingerprint density at radius 2 is 1.76 bits per heavy atom. The Hall–Kier alpha value is -3.96. The summed E-state index contributed by atoms with van der Waals surface area (Å²) < 4.78 is 47.2. The van der Waals surface area contributed by atoms with Crippen molar-refractivity contribution in [1.82, 2.24) is 24.9 Å². The molecule has 178 valence electrons. The van der Waals surface area contributed by atoms with Gasteiger partial charge in [-0.3, -0.25) is 9.59 Å². The van der Waals surface area contributed by atoms with Gasteiger partial charge in [0.1, 0.15) is 0 Å². The first-order valence-corrected chi connectivity index (χ1v) is 10.5. The van der Waals surface area contributed by atoms with Crippen LogP contribution >= 0.6 is 0 Å². The molecule has 0 radical (unpaired) electrons. The molecule has 2 amide bonds. The molecule has 34 heavy (non-hydrogen) atoms. The lowest BCUT2D eigenvalue weighted by Gasteiger charge is -2.31. The number of carbonyl (C=O) groups is 2. The molecule has 3 heterocycles. The van der Waals surface area contributed by atoms with Gasteiger partial charge >= 0.3 is 6.18 Å². The van der Waals surface area contributed by atoms with Crippen LogP contribution in [0, 0.1) is 5.92 Å². The van der Waals surface area contributed by atoms with Crippen molar-refractivity contribution >= 4 is 17.5 Å². The molecule has 2 aromatic heterocycles. The van der Waals surface area contributed by atoms with Crippen LogP contribution in [0.15, 0.2) is 48.7 Å². The summed E-state index contributed by atoms with van der Waals surface area (Å²) in [5.41, 5.74) is -1.16. The highest BCUT2D eigenvalue weighted by Crippen LogP contribution is 2.34. The van der Waals surface area contributed by atoms with E-state index in [1.54, 1.807) is 24.3 Å². The molecule has 9 nitrogen and oxygen atoms in total. The Labute approximate surface area is 192 Å². The summed E-state index contributed by atoms with van der Waals surface area (Å²) in [6.07, 6.45) is -3.31. The van der Waals surface area contributed by atoms with E-state index in [4.69, 9.17) is 4.74 Å². The van der Waals surface area contributed by atoms with Gasteiger partial charge in [-0.25, -0.2) is 4.68 Å². The number of halogens is 3. The van der Waals surface area contributed by atoms with E-state index in [1.165, 1.54) is 24.1 Å². The van der Waals surface area contributed by atoms with Gasteiger partial charge in [0.2, 0.25) is 11.8 Å². The normalized spacial score (nSPS) is 14.6. The number of alkyl halides is 3. The molecule has 0 bridgehead atoms. The standard InChI is InChI=1S/C22H21F3N6O3/c1-34-18-8-7-17(28-29-18)31-19(22(23,24)25)16(13-26-31)21(33)30-11-9-14(10-12-30)20(32)27-15-5-3-2-4-6-15/h2-8,13-14H,9-12H2,1H3,(H,27,32). The number of ether oxygens (including phenoxy) is 1. The SMILES string of the molecule is COc1ccc(-n2ncc(C(=O)N3CCC(C(=O)Nc4ccccc4)CC3)c2C(F)(F)F)nn1. The summed E-state index contributed by atoms with van der Waals surface area (Å²) in [7, 11) is 1.35. The minimum absolute atomic E-state index is 0.125. The number of benzene rings is 1. The average molecular weight is 474 g/mol. The molecule has 1 aliphatic rings. The Kier molecular flexibility index (Phi) is 6.48. The monoisotopic (exact) mass is 474 g/mol. The van der Waals surface area contributed by atoms with Crippen LogP contribution in [0.4, 0.5) is 18.9 Å². The van der Waals surface area contributed by atoms with Gasteiger partial charge in [0.05, 0.1) is 18.9 Å². The van der Waals surface area contributed by atoms with Crippen molar-refractivity contribution in [3.05, 3.63) is 59.9 Å². The van der Waals surface area contributed by atoms with E-state index in [1.807, 2.05) is 6.07 Å². The van der Waals surface area contributed by atoms with Gasteiger partial charge < -0.3 is 15.0 Å². The van der Waals surface area contributed by atoms with Crippen molar-refractivity contribution in [2.24, 2.45) is 5.92 Å². The predicted molar refractivity (Wildman–Crippen MR) is 114 cm³/mol. The van der Waals surface area contributed by atoms with E-state index in [2.05, 4.69) is 20.6 Å². The molecular weight excluding hydrogens is 453 g/mol. The topological polar surface area (TPSA) is 102 Å². The van der Waals surface area contributed by atoms with Gasteiger partial charge in [0, 0.05) is 30.8 Å². The smallest absolute Gasteiger partial charge is 0.434 e. The van der Waals surface area contributed by atoms with Crippen LogP contribution in [0.3, 0.4) is 0 Å². The van der Waals surface area contributed by atoms with E-state index >= 15 is 0 Å². The number of nitrogens with zero attached hydrogens (tertiary/aromatic N) is 5. The third-order valence-electron chi connectivity index (χ3n) is 5.51. The van der Waals surface area contributed by atoms with Crippen LogP contribution in [0.5, 0.6) is 5.88 Å². The first kappa shape index (κ1) is 23.2. The number of aromatic nitrogens is 4. The largest absolute Gasteiger partial charge is 0.480 e. The number of likely N-dealkylation sites (tertiary alicyclic amines) is 1. The molecule has 0 spiro atoms. The first-order valence-electron chi connectivity index (χ1n) is 10.5. The Morgan fingerprint density at radius 3 is 2.35 bits per heavy atom. The summed E-state index contributed by atoms with van der Waals surface area (Å²) in [4.78, 5) is 26.8. The summed E-state index contributed by atoms with van der Waals surface area (Å²) >= 11 is 0. The summed E-state index contributed by atoms with van der Waals surface area (Å²) in [6, 6.07) is 11.6. The van der Waals surface area contributed by atoms with E-state index in [-0.39, 0.29) is 36.6 Å². The predicted octanol–water partition coefficient (Wildman–Crippen LogP) is 3.18. The fourth-order valence-electron chi connectivity index (χ4n) is 3.77. The lowest BCUT2D eigenvalue weighted by atomic mass is 9.95. The maximum atomic E-state index is 13.9. The maximum absolute atomic E-state index is 13.9. The molecule has 1 saturated heterocycles. The first-order chi connectivity index (χ1) is 16.3. The average Bonchev–Trinajstić information content (AvgIpc) is 3.30. The summed E-state index contributed by atoms with van der Waals surface area (Å²) in [6.45, 7) is 0.299. The highest BCUT2D eigenvalue weighted by molar-refractivity contribution is 5.96. The molecule has 1 N–H and O–H groups in total. The Balaban J connectivity index is 1.49. The fraction of sp³-hybridized carbons (Fsp3) is 0.318. The van der Waals surface area contributed by atoms with Gasteiger partial charge in [0.25, 0.3) is 5.91 Å². The molecular formula is C22H21F3N6O3. The molecule has 0 atom stereocenters. The second-order valence-corrected chi connectivity index (χ2v) is 7.67. The number of nitrogens with one attached hydrogen (secondary N) is 1. The fourth-order valence-corrected chi connectivity index (χ4v) is 3.77. The Morgan fingerprint density at radius 1 is 1.06 bits per heavy atom. The number of hydrogen-bond donors (Lipinski definition) is 1. The van der Waals surface area contributed by atoms with Gasteiger partial charge in [-0.15, -0.1) is 10.2 Å². The molecule has 3 aromatic rings. The van der Waals surface area contributed by atoms with Crippen LogP contribution < -0.4 is 10.1 Å². The van der Waals surface area contributed by atoms with Crippen molar-refractivity contribution < 1.29 is 27.5 Å². The number of anilines is 1. The van der Waals surface area contributed by atoms with Gasteiger partial charge in [0.15, 0.2) is 11.5 Å². The number of hydrogen-bond acceptors (Lipinski definition) is 6. The van der Waals surface area contributed by atoms with Crippen molar-refractivity contribution in [3.63, 3.8) is 0 Å². The third-order valence-corrected chi connectivity index (χ3v) is 5.51. The summed E-state index contributed by atoms with van der Waals surface area (Å²) in [5.74, 6) is -1.41. The molecule has 0 aliphatic carbocycles. The molecule has 1 fully saturated rings. The minimum Gasteiger partial charge on any atom is -0.480 e. The minimum atomic E-state index is -4.86. The number of carbonyl (C=O) groups excluding carboxylic acids is 2. The van der Waals surface area contributed by atoms with E-state index in [0.29, 0.717) is 23.2 Å². The number of methoxy groups -OCH3 is 1. The van der Waals surface area contributed by atoms with Gasteiger partial charge in [-0.05, 0) is 31.0 Å². The van der Waals surface area contributed by atoms with Crippen LogP contribution in [-0.4, -0.2) is 56.9 Å². The second kappa shape index (κ2) is 9.49. The number of piperidine rings is 1. The molecule has 4 rings (SSSR count). The van der Waals surface area contributed by atoms with Gasteiger partial charge in [-0.2, -0.15) is 18.3 Å². The lowest BCUT2D eigenvalue weighted by Crippen LogP contribution is -2.42. The highest BCUT2D eigenvalue weighted by Gasteiger charge is 2.42. The second-order valence-electron chi connectivity index (χ2n) is 7.67. The zero-order valence-corrected chi connectivity index (χ0v) is 18.1. The van der Waals surface area contributed by atoms with E-state index in [0.717, 1.165) is 6.20 Å². The van der Waals surface area contributed by atoms with Crippen LogP contribution in [-0.2, 0) is 11.0 Å². The number of rotatable bonds is 5. The number of para-hydroxylation sites is 1. The van der Waals surface area contributed by atoms with Crippen molar-refractivity contribution in [1.29, 1.82) is 0 Å². The van der Waals surface area contributed by atoms with Crippen LogP contribution in [0.1, 0.15) is 28.9 Å². The van der Waals surface area contributed by atoms with Crippen molar-refractivity contribution in [2.75, 3.05) is 25.5 Å². The molecule has 0 saturated carbocycles. The number of amides is 2. The van der Waals surface area contributed by atoms with E-state index in [9.17, 15) is 22.8 Å². The molecule has 12 heteroatoms. The quantitative estimate of drug-likeness (QED) is 0.610. The van der Waals surface area contributed by atoms with Crippen LogP contribution in [0.25, 0.3) is 5.82 Å². The lowest BCUT2D eigenvalue weighted by molar-refractivity contribution is -0.143. The zero-order valence-electron chi connectivity index (χ0n) is 18.1. The molecule has 1 aliphatic heterocycles. The van der Waals surface area contributed by atoms with Crippen molar-refractivity contribution in [2.45, 2.75) is 19.0 Å². The third kappa shape index (κ3) is 4.85. The molecule has 1 aromatic carbocycles. The summed E-state index contributed by atoms with van der Waals surface area (Å²) in [5, 5.41) is 13.9. The zero-order chi connectivity index (χ0) is 24.3. The Bertz CT molecular complexity index is 1160. The highest BCUT2D eigenvalue weighted by atomic mass is 19.4. The maximum Gasteiger partial charge on any atom is 0.434 e. The van der Waals surface area contributed by atoms with Crippen molar-refractivity contribution in [3.8, 4) is 11.7 Å². The van der Waals surface area contributed by atoms with Crippen LogP contribution in [0.2, 0.25) is 0 Å². The van der Waals surface area contributed by atoms with E-state index < -0.39 is 23.3 Å². The van der Waals surface area contributed by atoms with Gasteiger partial charge in [-0.1, -0.05) is 18.2 Å².